The lowest BCUT2D eigenvalue weighted by Gasteiger charge is -2.42. The Kier molecular flexibility index (Phi) is 5.86. The molecule has 1 saturated heterocycles. The molecule has 2 aliphatic heterocycles. The minimum atomic E-state index is 0. The molecule has 6 heteroatoms. The first-order valence-corrected chi connectivity index (χ1v) is 6.40. The number of likely N-dealkylation sites (tertiary alicyclic amines) is 1. The lowest BCUT2D eigenvalue weighted by molar-refractivity contribution is 0.123. The lowest BCUT2D eigenvalue weighted by Crippen LogP contribution is -2.48. The Morgan fingerprint density at radius 1 is 1.21 bits per heavy atom. The molecular formula is C13H21Cl2N3O. The topological polar surface area (TPSA) is 51.3 Å². The van der Waals surface area contributed by atoms with Crippen molar-refractivity contribution in [2.45, 2.75) is 18.9 Å². The van der Waals surface area contributed by atoms with Crippen LogP contribution in [-0.2, 0) is 6.54 Å². The van der Waals surface area contributed by atoms with Gasteiger partial charge in [0.15, 0.2) is 0 Å². The van der Waals surface area contributed by atoms with E-state index >= 15 is 0 Å². The van der Waals surface area contributed by atoms with Crippen LogP contribution in [0.3, 0.4) is 0 Å². The van der Waals surface area contributed by atoms with Crippen molar-refractivity contribution in [1.29, 1.82) is 0 Å². The summed E-state index contributed by atoms with van der Waals surface area (Å²) in [5.74, 6) is 1.14. The SMILES string of the molecule is Cl.Cl.NCCN1C[C@H]2C[C@H](C1)c1cccc(=O)n1C2. The molecule has 0 radical (unpaired) electrons. The smallest absolute Gasteiger partial charge is 0.250 e. The van der Waals surface area contributed by atoms with Crippen LogP contribution >= 0.6 is 24.8 Å². The molecule has 1 aromatic heterocycles. The Balaban J connectivity index is 0.000000902. The number of rotatable bonds is 2. The van der Waals surface area contributed by atoms with Crippen LogP contribution in [0.5, 0.6) is 0 Å². The van der Waals surface area contributed by atoms with Gasteiger partial charge in [-0.05, 0) is 18.4 Å². The van der Waals surface area contributed by atoms with Crippen molar-refractivity contribution in [2.24, 2.45) is 11.7 Å². The number of hydrogen-bond acceptors (Lipinski definition) is 3. The average Bonchev–Trinajstić information content (AvgIpc) is 2.31. The lowest BCUT2D eigenvalue weighted by atomic mass is 9.83. The summed E-state index contributed by atoms with van der Waals surface area (Å²) in [6, 6.07) is 5.66. The Hall–Kier alpha value is -0.550. The number of piperidine rings is 1. The summed E-state index contributed by atoms with van der Waals surface area (Å²) in [7, 11) is 0. The van der Waals surface area contributed by atoms with Gasteiger partial charge in [0.25, 0.3) is 5.56 Å². The van der Waals surface area contributed by atoms with E-state index in [0.29, 0.717) is 11.8 Å². The van der Waals surface area contributed by atoms with Crippen LogP contribution in [0.4, 0.5) is 0 Å². The number of pyridine rings is 1. The van der Waals surface area contributed by atoms with Gasteiger partial charge in [0, 0.05) is 50.4 Å². The monoisotopic (exact) mass is 305 g/mol. The van der Waals surface area contributed by atoms with Crippen LogP contribution in [0, 0.1) is 5.92 Å². The number of aromatic nitrogens is 1. The van der Waals surface area contributed by atoms with Crippen LogP contribution in [0.25, 0.3) is 0 Å². The van der Waals surface area contributed by atoms with Crippen molar-refractivity contribution in [2.75, 3.05) is 26.2 Å². The van der Waals surface area contributed by atoms with Gasteiger partial charge in [0.2, 0.25) is 0 Å². The van der Waals surface area contributed by atoms with Gasteiger partial charge < -0.3 is 15.2 Å². The normalized spacial score (nSPS) is 24.9. The van der Waals surface area contributed by atoms with E-state index in [-0.39, 0.29) is 30.4 Å². The van der Waals surface area contributed by atoms with Gasteiger partial charge in [0.05, 0.1) is 0 Å². The number of nitrogens with zero attached hydrogens (tertiary/aromatic N) is 2. The van der Waals surface area contributed by atoms with Crippen molar-refractivity contribution < 1.29 is 0 Å². The van der Waals surface area contributed by atoms with E-state index in [1.165, 1.54) is 12.1 Å². The van der Waals surface area contributed by atoms with Crippen molar-refractivity contribution in [1.82, 2.24) is 9.47 Å². The second kappa shape index (κ2) is 6.75. The number of fused-ring (bicyclic) bond motifs is 4. The van der Waals surface area contributed by atoms with Crippen molar-refractivity contribution in [3.05, 3.63) is 34.2 Å². The van der Waals surface area contributed by atoms with Crippen LogP contribution in [0.2, 0.25) is 0 Å². The molecule has 2 atom stereocenters. The van der Waals surface area contributed by atoms with E-state index in [0.717, 1.165) is 32.7 Å². The van der Waals surface area contributed by atoms with E-state index in [1.807, 2.05) is 10.6 Å². The van der Waals surface area contributed by atoms with Crippen LogP contribution in [-0.4, -0.2) is 35.6 Å². The Bertz CT molecular complexity index is 477. The molecule has 0 saturated carbocycles. The van der Waals surface area contributed by atoms with E-state index in [9.17, 15) is 4.79 Å². The zero-order valence-electron chi connectivity index (χ0n) is 10.8. The van der Waals surface area contributed by atoms with E-state index < -0.39 is 0 Å². The van der Waals surface area contributed by atoms with Gasteiger partial charge >= 0.3 is 0 Å². The van der Waals surface area contributed by atoms with E-state index in [4.69, 9.17) is 5.73 Å². The maximum atomic E-state index is 11.8. The first-order valence-electron chi connectivity index (χ1n) is 6.40. The van der Waals surface area contributed by atoms with Gasteiger partial charge in [-0.2, -0.15) is 0 Å². The van der Waals surface area contributed by atoms with Gasteiger partial charge in [-0.1, -0.05) is 6.07 Å². The second-order valence-corrected chi connectivity index (χ2v) is 5.25. The quantitative estimate of drug-likeness (QED) is 0.889. The summed E-state index contributed by atoms with van der Waals surface area (Å²) in [6.45, 7) is 4.73. The largest absolute Gasteiger partial charge is 0.329 e. The summed E-state index contributed by atoms with van der Waals surface area (Å²) in [6.07, 6.45) is 1.23. The Morgan fingerprint density at radius 2 is 2.00 bits per heavy atom. The molecule has 1 fully saturated rings. The number of hydrogen-bond donors (Lipinski definition) is 1. The molecule has 2 N–H and O–H groups in total. The standard InChI is InChI=1S/C13H19N3O.2ClH/c14-4-5-15-7-10-6-11(9-15)12-2-1-3-13(17)16(12)8-10;;/h1-3,10-11H,4-9,14H2;2*1H/t10-,11-;;/m1../s1. The molecule has 1 aromatic rings. The number of halogens is 2. The third-order valence-electron chi connectivity index (χ3n) is 4.00. The minimum Gasteiger partial charge on any atom is -0.329 e. The fraction of sp³-hybridized carbons (Fsp3) is 0.615. The zero-order chi connectivity index (χ0) is 11.8. The Morgan fingerprint density at radius 3 is 2.74 bits per heavy atom. The molecule has 3 heterocycles. The highest BCUT2D eigenvalue weighted by atomic mass is 35.5. The van der Waals surface area contributed by atoms with Crippen LogP contribution in [0.1, 0.15) is 18.0 Å². The first kappa shape index (κ1) is 16.5. The highest BCUT2D eigenvalue weighted by Gasteiger charge is 2.33. The predicted molar refractivity (Wildman–Crippen MR) is 81.5 cm³/mol. The van der Waals surface area contributed by atoms with Gasteiger partial charge in [-0.3, -0.25) is 4.79 Å². The van der Waals surface area contributed by atoms with Gasteiger partial charge in [0.1, 0.15) is 0 Å². The fourth-order valence-electron chi connectivity index (χ4n) is 3.36. The van der Waals surface area contributed by atoms with Crippen molar-refractivity contribution in [3.8, 4) is 0 Å². The molecule has 4 nitrogen and oxygen atoms in total. The maximum Gasteiger partial charge on any atom is 0.250 e. The molecule has 19 heavy (non-hydrogen) atoms. The van der Waals surface area contributed by atoms with Crippen molar-refractivity contribution in [3.63, 3.8) is 0 Å². The maximum absolute atomic E-state index is 11.8. The zero-order valence-corrected chi connectivity index (χ0v) is 12.5. The third-order valence-corrected chi connectivity index (χ3v) is 4.00. The molecule has 2 aliphatic rings. The average molecular weight is 306 g/mol. The predicted octanol–water partition coefficient (Wildman–Crippen LogP) is 1.07. The highest BCUT2D eigenvalue weighted by molar-refractivity contribution is 5.85. The van der Waals surface area contributed by atoms with E-state index in [1.54, 1.807) is 6.07 Å². The molecule has 3 rings (SSSR count). The molecule has 2 bridgehead atoms. The molecule has 0 spiro atoms. The summed E-state index contributed by atoms with van der Waals surface area (Å²) in [5.41, 5.74) is 7.01. The minimum absolute atomic E-state index is 0. The van der Waals surface area contributed by atoms with Crippen LogP contribution < -0.4 is 11.3 Å². The van der Waals surface area contributed by atoms with Crippen molar-refractivity contribution >= 4 is 24.8 Å². The molecule has 108 valence electrons. The molecule has 0 amide bonds. The van der Waals surface area contributed by atoms with Crippen LogP contribution in [0.15, 0.2) is 23.0 Å². The highest BCUT2D eigenvalue weighted by Crippen LogP contribution is 2.34. The first-order chi connectivity index (χ1) is 8.28. The van der Waals surface area contributed by atoms with Gasteiger partial charge in [-0.25, -0.2) is 0 Å². The Labute approximate surface area is 125 Å². The summed E-state index contributed by atoms with van der Waals surface area (Å²) >= 11 is 0. The fourth-order valence-corrected chi connectivity index (χ4v) is 3.36. The molecular weight excluding hydrogens is 285 g/mol. The number of nitrogens with two attached hydrogens (primary N) is 1. The third kappa shape index (κ3) is 3.14. The summed E-state index contributed by atoms with van der Waals surface area (Å²) in [4.78, 5) is 14.3. The second-order valence-electron chi connectivity index (χ2n) is 5.25. The summed E-state index contributed by atoms with van der Waals surface area (Å²) < 4.78 is 1.97. The molecule has 0 unspecified atom stereocenters. The molecule has 0 aromatic carbocycles. The van der Waals surface area contributed by atoms with E-state index in [2.05, 4.69) is 11.0 Å². The molecule has 0 aliphatic carbocycles. The van der Waals surface area contributed by atoms with Gasteiger partial charge in [-0.15, -0.1) is 24.8 Å². The summed E-state index contributed by atoms with van der Waals surface area (Å²) in [5, 5.41) is 0.